The van der Waals surface area contributed by atoms with Crippen LogP contribution in [0.2, 0.25) is 5.02 Å². The second kappa shape index (κ2) is 5.66. The first-order valence-corrected chi connectivity index (χ1v) is 8.22. The molecule has 0 aliphatic carbocycles. The van der Waals surface area contributed by atoms with Crippen LogP contribution >= 0.6 is 22.9 Å². The minimum atomic E-state index is 0.458. The summed E-state index contributed by atoms with van der Waals surface area (Å²) < 4.78 is 2.13. The zero-order chi connectivity index (χ0) is 15.0. The first kappa shape index (κ1) is 14.4. The average molecular weight is 317 g/mol. The molecule has 4 heteroatoms. The van der Waals surface area contributed by atoms with Gasteiger partial charge in [0.15, 0.2) is 0 Å². The lowest BCUT2D eigenvalue weighted by molar-refractivity contribution is 0.718. The summed E-state index contributed by atoms with van der Waals surface area (Å²) in [6.45, 7) is 8.57. The molecule has 1 unspecified atom stereocenters. The summed E-state index contributed by atoms with van der Waals surface area (Å²) in [6, 6.07) is 9.90. The Bertz CT molecular complexity index is 800. The predicted octanol–water partition coefficient (Wildman–Crippen LogP) is 5.80. The van der Waals surface area contributed by atoms with Gasteiger partial charge in [0.1, 0.15) is 15.4 Å². The van der Waals surface area contributed by atoms with Gasteiger partial charge in [0, 0.05) is 16.9 Å². The highest BCUT2D eigenvalue weighted by molar-refractivity contribution is 7.19. The summed E-state index contributed by atoms with van der Waals surface area (Å²) >= 11 is 7.78. The fraction of sp³-hybridized carbons (Fsp3) is 0.235. The summed E-state index contributed by atoms with van der Waals surface area (Å²) in [5.74, 6) is 0.458. The molecular formula is C17H17ClN2S. The molecule has 2 heterocycles. The maximum Gasteiger partial charge on any atom is 0.128 e. The Balaban J connectivity index is 2.06. The molecule has 0 bridgehead atoms. The molecule has 0 radical (unpaired) electrons. The number of aromatic nitrogens is 2. The summed E-state index contributed by atoms with van der Waals surface area (Å²) in [4.78, 5) is 5.85. The molecule has 0 aliphatic rings. The van der Waals surface area contributed by atoms with Crippen LogP contribution < -0.4 is 0 Å². The Hall–Kier alpha value is -1.58. The number of hydrogen-bond acceptors (Lipinski definition) is 2. The molecule has 1 aromatic carbocycles. The zero-order valence-corrected chi connectivity index (χ0v) is 13.7. The zero-order valence-electron chi connectivity index (χ0n) is 12.1. The molecule has 2 aromatic heterocycles. The van der Waals surface area contributed by atoms with E-state index < -0.39 is 0 Å². The van der Waals surface area contributed by atoms with Crippen molar-refractivity contribution >= 4 is 38.9 Å². The van der Waals surface area contributed by atoms with E-state index in [2.05, 4.69) is 25.0 Å². The van der Waals surface area contributed by atoms with Gasteiger partial charge >= 0.3 is 0 Å². The highest BCUT2D eigenvalue weighted by Gasteiger charge is 2.15. The lowest BCUT2D eigenvalue weighted by atomic mass is 10.0. The van der Waals surface area contributed by atoms with Crippen molar-refractivity contribution in [2.75, 3.05) is 0 Å². The van der Waals surface area contributed by atoms with E-state index in [0.717, 1.165) is 38.1 Å². The number of hydrogen-bond donors (Lipinski definition) is 0. The van der Waals surface area contributed by atoms with Gasteiger partial charge in [0.25, 0.3) is 0 Å². The molecule has 0 N–H and O–H groups in total. The third-order valence-corrected chi connectivity index (χ3v) is 5.18. The maximum absolute atomic E-state index is 6.09. The molecular weight excluding hydrogens is 300 g/mol. The van der Waals surface area contributed by atoms with Crippen molar-refractivity contribution in [1.29, 1.82) is 0 Å². The molecule has 21 heavy (non-hydrogen) atoms. The largest absolute Gasteiger partial charge is 0.307 e. The first-order chi connectivity index (χ1) is 10.1. The van der Waals surface area contributed by atoms with Gasteiger partial charge in [-0.15, -0.1) is 0 Å². The predicted molar refractivity (Wildman–Crippen MR) is 92.4 cm³/mol. The van der Waals surface area contributed by atoms with Gasteiger partial charge in [-0.1, -0.05) is 49.4 Å². The lowest BCUT2D eigenvalue weighted by Crippen LogP contribution is -1.94. The van der Waals surface area contributed by atoms with E-state index in [1.54, 1.807) is 11.3 Å². The number of nitrogens with zero attached hydrogens (tertiary/aromatic N) is 2. The molecule has 0 saturated heterocycles. The second-order valence-corrected chi connectivity index (χ2v) is 6.62. The van der Waals surface area contributed by atoms with E-state index in [-0.39, 0.29) is 0 Å². The van der Waals surface area contributed by atoms with Gasteiger partial charge < -0.3 is 4.57 Å². The maximum atomic E-state index is 6.09. The van der Waals surface area contributed by atoms with Crippen LogP contribution in [0.3, 0.4) is 0 Å². The molecule has 0 aliphatic heterocycles. The van der Waals surface area contributed by atoms with Crippen molar-refractivity contribution in [1.82, 2.24) is 9.55 Å². The average Bonchev–Trinajstić information content (AvgIpc) is 3.05. The molecule has 108 valence electrons. The highest BCUT2D eigenvalue weighted by Crippen LogP contribution is 2.33. The van der Waals surface area contributed by atoms with Gasteiger partial charge in [0.05, 0.1) is 0 Å². The van der Waals surface area contributed by atoms with E-state index in [1.165, 1.54) is 0 Å². The topological polar surface area (TPSA) is 17.8 Å². The molecule has 2 nitrogen and oxygen atoms in total. The monoisotopic (exact) mass is 316 g/mol. The van der Waals surface area contributed by atoms with Gasteiger partial charge in [-0.2, -0.15) is 0 Å². The number of fused-ring (bicyclic) bond motifs is 1. The summed E-state index contributed by atoms with van der Waals surface area (Å²) in [5, 5.41) is 1.77. The SMILES string of the molecule is C=C(c1nc2ccn(-c3cccc(Cl)c3)c2s1)C(C)CC. The minimum absolute atomic E-state index is 0.458. The Kier molecular flexibility index (Phi) is 3.87. The Labute approximate surface area is 133 Å². The van der Waals surface area contributed by atoms with Crippen molar-refractivity contribution in [2.24, 2.45) is 5.92 Å². The Morgan fingerprint density at radius 1 is 1.43 bits per heavy atom. The quantitative estimate of drug-likeness (QED) is 0.594. The summed E-state index contributed by atoms with van der Waals surface area (Å²) in [7, 11) is 0. The number of benzene rings is 1. The summed E-state index contributed by atoms with van der Waals surface area (Å²) in [5.41, 5.74) is 3.19. The second-order valence-electron chi connectivity index (χ2n) is 5.21. The van der Waals surface area contributed by atoms with Crippen molar-refractivity contribution in [3.8, 4) is 5.69 Å². The molecule has 0 fully saturated rings. The van der Waals surface area contributed by atoms with Crippen LogP contribution in [-0.2, 0) is 0 Å². The van der Waals surface area contributed by atoms with E-state index in [1.807, 2.05) is 36.5 Å². The van der Waals surface area contributed by atoms with E-state index >= 15 is 0 Å². The van der Waals surface area contributed by atoms with Crippen molar-refractivity contribution in [3.63, 3.8) is 0 Å². The Morgan fingerprint density at radius 2 is 2.24 bits per heavy atom. The number of allylic oxidation sites excluding steroid dienone is 1. The van der Waals surface area contributed by atoms with Crippen LogP contribution in [0, 0.1) is 5.92 Å². The van der Waals surface area contributed by atoms with E-state index in [9.17, 15) is 0 Å². The van der Waals surface area contributed by atoms with Crippen LogP contribution in [0.15, 0.2) is 43.1 Å². The summed E-state index contributed by atoms with van der Waals surface area (Å²) in [6.07, 6.45) is 3.12. The molecule has 3 aromatic rings. The van der Waals surface area contributed by atoms with Crippen molar-refractivity contribution in [2.45, 2.75) is 20.3 Å². The van der Waals surface area contributed by atoms with Crippen LogP contribution in [-0.4, -0.2) is 9.55 Å². The first-order valence-electron chi connectivity index (χ1n) is 7.03. The number of rotatable bonds is 4. The third kappa shape index (κ3) is 2.63. The van der Waals surface area contributed by atoms with Crippen molar-refractivity contribution in [3.05, 3.63) is 53.1 Å². The third-order valence-electron chi connectivity index (χ3n) is 3.80. The van der Waals surface area contributed by atoms with E-state index in [0.29, 0.717) is 5.92 Å². The van der Waals surface area contributed by atoms with Gasteiger partial charge in [-0.25, -0.2) is 4.98 Å². The van der Waals surface area contributed by atoms with Crippen LogP contribution in [0.25, 0.3) is 21.6 Å². The molecule has 0 spiro atoms. The minimum Gasteiger partial charge on any atom is -0.307 e. The Morgan fingerprint density at radius 3 is 2.95 bits per heavy atom. The number of halogens is 1. The van der Waals surface area contributed by atoms with Gasteiger partial charge in [-0.3, -0.25) is 0 Å². The fourth-order valence-corrected chi connectivity index (χ4v) is 3.57. The van der Waals surface area contributed by atoms with E-state index in [4.69, 9.17) is 16.6 Å². The van der Waals surface area contributed by atoms with Gasteiger partial charge in [-0.05, 0) is 42.2 Å². The molecule has 3 rings (SSSR count). The van der Waals surface area contributed by atoms with Crippen LogP contribution in [0.1, 0.15) is 25.3 Å². The van der Waals surface area contributed by atoms with Crippen molar-refractivity contribution < 1.29 is 0 Å². The number of thiazole rings is 1. The molecule has 1 atom stereocenters. The van der Waals surface area contributed by atoms with Crippen LogP contribution in [0.4, 0.5) is 0 Å². The molecule has 0 saturated carbocycles. The standard InChI is InChI=1S/C17H17ClN2S/c1-4-11(2)12(3)16-19-15-8-9-20(17(15)21-16)14-7-5-6-13(18)10-14/h5-11H,3-4H2,1-2H3. The molecule has 0 amide bonds. The fourth-order valence-electron chi connectivity index (χ4n) is 2.24. The highest BCUT2D eigenvalue weighted by atomic mass is 35.5. The lowest BCUT2D eigenvalue weighted by Gasteiger charge is -2.08. The normalized spacial score (nSPS) is 12.7. The van der Waals surface area contributed by atoms with Gasteiger partial charge in [0.2, 0.25) is 0 Å². The van der Waals surface area contributed by atoms with Crippen LogP contribution in [0.5, 0.6) is 0 Å². The smallest absolute Gasteiger partial charge is 0.128 e.